The lowest BCUT2D eigenvalue weighted by Crippen LogP contribution is -2.59. The fraction of sp³-hybridized carbons (Fsp3) is 0.818. The van der Waals surface area contributed by atoms with E-state index in [0.29, 0.717) is 0 Å². The highest BCUT2D eigenvalue weighted by Crippen LogP contribution is 2.04. The molecule has 16 heavy (non-hydrogen) atoms. The van der Waals surface area contributed by atoms with Crippen molar-refractivity contribution in [3.8, 4) is 0 Å². The van der Waals surface area contributed by atoms with E-state index in [0.717, 1.165) is 0 Å². The number of amides is 2. The molecule has 0 fully saturated rings. The predicted molar refractivity (Wildman–Crippen MR) is 63.8 cm³/mol. The molecule has 1 atom stereocenters. The van der Waals surface area contributed by atoms with Gasteiger partial charge in [0.1, 0.15) is 0 Å². The molecule has 5 nitrogen and oxygen atoms in total. The third-order valence-electron chi connectivity index (χ3n) is 2.08. The van der Waals surface area contributed by atoms with Gasteiger partial charge >= 0.3 is 0 Å². The number of primary amides is 1. The molecule has 94 valence electrons. The molecule has 0 saturated heterocycles. The van der Waals surface area contributed by atoms with Gasteiger partial charge in [-0.15, -0.1) is 0 Å². The molecule has 0 heterocycles. The van der Waals surface area contributed by atoms with E-state index in [1.165, 1.54) is 0 Å². The molecule has 0 aliphatic heterocycles. The van der Waals surface area contributed by atoms with Gasteiger partial charge in [-0.05, 0) is 41.5 Å². The number of carbonyl (C=O) groups is 2. The molecule has 0 aromatic heterocycles. The second kappa shape index (κ2) is 4.82. The maximum atomic E-state index is 11.7. The SMILES string of the molecule is CC(NC(C)(C)C(N)=O)C(=O)NC(C)(C)C. The van der Waals surface area contributed by atoms with Crippen molar-refractivity contribution in [2.24, 2.45) is 5.73 Å². The Bertz CT molecular complexity index is 279. The summed E-state index contributed by atoms with van der Waals surface area (Å²) in [4.78, 5) is 22.8. The van der Waals surface area contributed by atoms with Crippen LogP contribution in [0.5, 0.6) is 0 Å². The molecule has 2 amide bonds. The summed E-state index contributed by atoms with van der Waals surface area (Å²) in [6.45, 7) is 10.7. The van der Waals surface area contributed by atoms with Crippen LogP contribution in [-0.2, 0) is 9.59 Å². The average Bonchev–Trinajstić information content (AvgIpc) is 1.99. The topological polar surface area (TPSA) is 84.2 Å². The summed E-state index contributed by atoms with van der Waals surface area (Å²) in [6, 6.07) is -0.471. The van der Waals surface area contributed by atoms with Crippen LogP contribution in [0.3, 0.4) is 0 Å². The first-order valence-corrected chi connectivity index (χ1v) is 5.35. The molecule has 0 aromatic carbocycles. The van der Waals surface area contributed by atoms with E-state index < -0.39 is 17.5 Å². The van der Waals surface area contributed by atoms with E-state index in [-0.39, 0.29) is 11.4 Å². The number of hydrogen-bond acceptors (Lipinski definition) is 3. The Labute approximate surface area is 97.2 Å². The maximum Gasteiger partial charge on any atom is 0.237 e. The summed E-state index contributed by atoms with van der Waals surface area (Å²) in [7, 11) is 0. The molecule has 0 aliphatic rings. The Hall–Kier alpha value is -1.10. The number of carbonyl (C=O) groups excluding carboxylic acids is 2. The summed E-state index contributed by atoms with van der Waals surface area (Å²) in [5.41, 5.74) is 4.03. The predicted octanol–water partition coefficient (Wildman–Crippen LogP) is 0.143. The maximum absolute atomic E-state index is 11.7. The Morgan fingerprint density at radius 2 is 1.56 bits per heavy atom. The molecule has 4 N–H and O–H groups in total. The summed E-state index contributed by atoms with van der Waals surface area (Å²) in [5, 5.41) is 5.72. The van der Waals surface area contributed by atoms with E-state index >= 15 is 0 Å². The first-order chi connectivity index (χ1) is 6.96. The van der Waals surface area contributed by atoms with Crippen LogP contribution in [0.25, 0.3) is 0 Å². The molecule has 0 rings (SSSR count). The minimum absolute atomic E-state index is 0.151. The second-order valence-electron chi connectivity index (χ2n) is 5.59. The van der Waals surface area contributed by atoms with Gasteiger partial charge in [0.15, 0.2) is 0 Å². The minimum atomic E-state index is -0.894. The van der Waals surface area contributed by atoms with Crippen LogP contribution in [0.15, 0.2) is 0 Å². The molecular weight excluding hydrogens is 206 g/mol. The molecule has 5 heteroatoms. The summed E-state index contributed by atoms with van der Waals surface area (Å²) < 4.78 is 0. The average molecular weight is 229 g/mol. The molecule has 0 radical (unpaired) electrons. The molecule has 1 unspecified atom stereocenters. The molecule has 0 aliphatic carbocycles. The fourth-order valence-corrected chi connectivity index (χ4v) is 1.16. The minimum Gasteiger partial charge on any atom is -0.368 e. The molecule has 0 saturated carbocycles. The van der Waals surface area contributed by atoms with E-state index in [9.17, 15) is 9.59 Å². The van der Waals surface area contributed by atoms with Crippen LogP contribution in [0, 0.1) is 0 Å². The van der Waals surface area contributed by atoms with Gasteiger partial charge in [0.2, 0.25) is 11.8 Å². The Morgan fingerprint density at radius 1 is 1.12 bits per heavy atom. The zero-order chi connectivity index (χ0) is 13.1. The highest BCUT2D eigenvalue weighted by atomic mass is 16.2. The zero-order valence-corrected chi connectivity index (χ0v) is 11.0. The van der Waals surface area contributed by atoms with Gasteiger partial charge in [-0.2, -0.15) is 0 Å². The van der Waals surface area contributed by atoms with Crippen molar-refractivity contribution >= 4 is 11.8 Å². The van der Waals surface area contributed by atoms with Gasteiger partial charge in [-0.25, -0.2) is 0 Å². The number of nitrogens with one attached hydrogen (secondary N) is 2. The third kappa shape index (κ3) is 5.11. The first kappa shape index (κ1) is 14.9. The van der Waals surface area contributed by atoms with Crippen LogP contribution in [0.4, 0.5) is 0 Å². The number of hydrogen-bond donors (Lipinski definition) is 3. The fourth-order valence-electron chi connectivity index (χ4n) is 1.16. The molecular formula is C11H23N3O2. The molecule has 0 aromatic rings. The van der Waals surface area contributed by atoms with Gasteiger partial charge in [-0.3, -0.25) is 14.9 Å². The van der Waals surface area contributed by atoms with Crippen LogP contribution < -0.4 is 16.4 Å². The summed E-state index contributed by atoms with van der Waals surface area (Å²) in [5.74, 6) is -0.635. The second-order valence-corrected chi connectivity index (χ2v) is 5.59. The van der Waals surface area contributed by atoms with E-state index in [4.69, 9.17) is 5.73 Å². The molecule has 0 bridgehead atoms. The zero-order valence-electron chi connectivity index (χ0n) is 11.0. The lowest BCUT2D eigenvalue weighted by molar-refractivity contribution is -0.127. The first-order valence-electron chi connectivity index (χ1n) is 5.35. The lowest BCUT2D eigenvalue weighted by Gasteiger charge is -2.29. The molecule has 0 spiro atoms. The van der Waals surface area contributed by atoms with Crippen molar-refractivity contribution in [2.75, 3.05) is 0 Å². The number of nitrogens with two attached hydrogens (primary N) is 1. The third-order valence-corrected chi connectivity index (χ3v) is 2.08. The van der Waals surface area contributed by atoms with Gasteiger partial charge in [-0.1, -0.05) is 0 Å². The van der Waals surface area contributed by atoms with Crippen molar-refractivity contribution in [2.45, 2.75) is 58.7 Å². The Morgan fingerprint density at radius 3 is 1.88 bits per heavy atom. The van der Waals surface area contributed by atoms with E-state index in [2.05, 4.69) is 10.6 Å². The monoisotopic (exact) mass is 229 g/mol. The summed E-state index contributed by atoms with van der Waals surface area (Å²) >= 11 is 0. The lowest BCUT2D eigenvalue weighted by atomic mass is 10.0. The van der Waals surface area contributed by atoms with Gasteiger partial charge in [0.25, 0.3) is 0 Å². The number of rotatable bonds is 4. The highest BCUT2D eigenvalue weighted by Gasteiger charge is 2.29. The van der Waals surface area contributed by atoms with Gasteiger partial charge < -0.3 is 11.1 Å². The van der Waals surface area contributed by atoms with Crippen molar-refractivity contribution < 1.29 is 9.59 Å². The quantitative estimate of drug-likeness (QED) is 0.641. The van der Waals surface area contributed by atoms with Crippen LogP contribution in [-0.4, -0.2) is 28.9 Å². The van der Waals surface area contributed by atoms with Crippen molar-refractivity contribution in [1.29, 1.82) is 0 Å². The van der Waals surface area contributed by atoms with Crippen molar-refractivity contribution in [3.63, 3.8) is 0 Å². The normalized spacial score (nSPS) is 14.4. The van der Waals surface area contributed by atoms with Crippen molar-refractivity contribution in [1.82, 2.24) is 10.6 Å². The highest BCUT2D eigenvalue weighted by molar-refractivity contribution is 5.86. The standard InChI is InChI=1S/C11H23N3O2/c1-7(8(15)14-10(2,3)4)13-11(5,6)9(12)16/h7,13H,1-6H3,(H2,12,16)(H,14,15). The van der Waals surface area contributed by atoms with Gasteiger partial charge in [0.05, 0.1) is 11.6 Å². The van der Waals surface area contributed by atoms with Crippen LogP contribution in [0.1, 0.15) is 41.5 Å². The van der Waals surface area contributed by atoms with Crippen LogP contribution in [0.2, 0.25) is 0 Å². The smallest absolute Gasteiger partial charge is 0.237 e. The largest absolute Gasteiger partial charge is 0.368 e. The Balaban J connectivity index is 4.43. The van der Waals surface area contributed by atoms with Crippen molar-refractivity contribution in [3.05, 3.63) is 0 Å². The summed E-state index contributed by atoms with van der Waals surface area (Å²) in [6.07, 6.45) is 0. The van der Waals surface area contributed by atoms with Gasteiger partial charge in [0, 0.05) is 5.54 Å². The Kier molecular flexibility index (Phi) is 4.49. The van der Waals surface area contributed by atoms with E-state index in [1.54, 1.807) is 20.8 Å². The van der Waals surface area contributed by atoms with E-state index in [1.807, 2.05) is 20.8 Å². The van der Waals surface area contributed by atoms with Crippen LogP contribution >= 0.6 is 0 Å².